The monoisotopic (exact) mass is 287 g/mol. The molecule has 1 nitrogen and oxygen atoms in total. The number of rotatable bonds is 6. The zero-order valence-corrected chi connectivity index (χ0v) is 13.5. The van der Waals surface area contributed by atoms with Crippen LogP contribution < -0.4 is 5.32 Å². The van der Waals surface area contributed by atoms with Crippen molar-refractivity contribution in [2.24, 2.45) is 11.8 Å². The molecular weight excluding hydrogens is 261 g/mol. The van der Waals surface area contributed by atoms with E-state index < -0.39 is 0 Å². The number of nitrogens with one attached hydrogen (secondary N) is 1. The fourth-order valence-electron chi connectivity index (χ4n) is 2.82. The Kier molecular flexibility index (Phi) is 5.35. The fraction of sp³-hybridized carbons (Fsp3) is 0.474. The lowest BCUT2D eigenvalue weighted by Crippen LogP contribution is -2.30. The van der Waals surface area contributed by atoms with Gasteiger partial charge in [-0.15, -0.1) is 0 Å². The number of hydrogen-bond acceptors (Lipinski definition) is 1. The third-order valence-corrected chi connectivity index (χ3v) is 4.43. The van der Waals surface area contributed by atoms with Crippen LogP contribution >= 0.6 is 0 Å². The van der Waals surface area contributed by atoms with Gasteiger partial charge in [-0.2, -0.15) is 0 Å². The van der Waals surface area contributed by atoms with Crippen LogP contribution in [-0.2, 0) is 0 Å². The first kappa shape index (κ1) is 16.0. The van der Waals surface area contributed by atoms with Gasteiger partial charge in [0.05, 0.1) is 0 Å². The zero-order chi connectivity index (χ0) is 15.4. The minimum atomic E-state index is -0.138. The van der Waals surface area contributed by atoms with Crippen molar-refractivity contribution in [3.05, 3.63) is 47.8 Å². The molecule has 2 aromatic rings. The molecule has 0 heterocycles. The maximum Gasteiger partial charge on any atom is 0.131 e. The molecule has 0 aliphatic heterocycles. The van der Waals surface area contributed by atoms with Crippen LogP contribution in [0.25, 0.3) is 10.8 Å². The molecule has 2 aromatic carbocycles. The van der Waals surface area contributed by atoms with Crippen LogP contribution in [0.3, 0.4) is 0 Å². The van der Waals surface area contributed by atoms with Crippen LogP contribution in [0, 0.1) is 17.7 Å². The summed E-state index contributed by atoms with van der Waals surface area (Å²) in [6.07, 6.45) is 1.10. The first-order valence-electron chi connectivity index (χ1n) is 7.96. The standard InChI is InChI=1S/C19H26FN/c1-5-12-21-19(14(4)13(2)3)17-10-11-18(20)16-9-7-6-8-15(16)17/h6-11,13-14,19,21H,5,12H2,1-4H3. The number of halogens is 1. The molecule has 0 aromatic heterocycles. The van der Waals surface area contributed by atoms with Gasteiger partial charge in [0.2, 0.25) is 0 Å². The van der Waals surface area contributed by atoms with Crippen molar-refractivity contribution in [3.63, 3.8) is 0 Å². The lowest BCUT2D eigenvalue weighted by atomic mass is 9.84. The van der Waals surface area contributed by atoms with Gasteiger partial charge in [0, 0.05) is 11.4 Å². The summed E-state index contributed by atoms with van der Waals surface area (Å²) in [5, 5.41) is 5.40. The van der Waals surface area contributed by atoms with Crippen molar-refractivity contribution < 1.29 is 4.39 Å². The Morgan fingerprint density at radius 3 is 2.29 bits per heavy atom. The molecule has 0 radical (unpaired) electrons. The van der Waals surface area contributed by atoms with Crippen molar-refractivity contribution in [1.82, 2.24) is 5.32 Å². The summed E-state index contributed by atoms with van der Waals surface area (Å²) in [6.45, 7) is 9.92. The van der Waals surface area contributed by atoms with Gasteiger partial charge >= 0.3 is 0 Å². The topological polar surface area (TPSA) is 12.0 Å². The normalized spacial score (nSPS) is 14.6. The molecule has 2 rings (SSSR count). The van der Waals surface area contributed by atoms with Crippen molar-refractivity contribution in [1.29, 1.82) is 0 Å². The minimum absolute atomic E-state index is 0.138. The lowest BCUT2D eigenvalue weighted by molar-refractivity contribution is 0.305. The van der Waals surface area contributed by atoms with Gasteiger partial charge in [0.25, 0.3) is 0 Å². The van der Waals surface area contributed by atoms with E-state index in [0.717, 1.165) is 18.4 Å². The summed E-state index contributed by atoms with van der Waals surface area (Å²) in [5.41, 5.74) is 1.21. The fourth-order valence-corrected chi connectivity index (χ4v) is 2.82. The Morgan fingerprint density at radius 2 is 1.67 bits per heavy atom. The van der Waals surface area contributed by atoms with Crippen molar-refractivity contribution >= 4 is 10.8 Å². The zero-order valence-electron chi connectivity index (χ0n) is 13.5. The largest absolute Gasteiger partial charge is 0.310 e. The Bertz CT molecular complexity index is 591. The lowest BCUT2D eigenvalue weighted by Gasteiger charge is -2.29. The van der Waals surface area contributed by atoms with E-state index in [-0.39, 0.29) is 11.9 Å². The van der Waals surface area contributed by atoms with Gasteiger partial charge in [-0.3, -0.25) is 0 Å². The predicted octanol–water partition coefficient (Wildman–Crippen LogP) is 5.31. The number of fused-ring (bicyclic) bond motifs is 1. The summed E-state index contributed by atoms with van der Waals surface area (Å²) in [6, 6.07) is 11.6. The molecule has 0 bridgehead atoms. The average Bonchev–Trinajstić information content (AvgIpc) is 2.49. The molecule has 114 valence electrons. The predicted molar refractivity (Wildman–Crippen MR) is 88.9 cm³/mol. The van der Waals surface area contributed by atoms with Gasteiger partial charge in [0.15, 0.2) is 0 Å². The van der Waals surface area contributed by atoms with E-state index in [4.69, 9.17) is 0 Å². The van der Waals surface area contributed by atoms with E-state index in [1.54, 1.807) is 6.07 Å². The summed E-state index contributed by atoms with van der Waals surface area (Å²) in [4.78, 5) is 0. The third-order valence-electron chi connectivity index (χ3n) is 4.43. The first-order chi connectivity index (χ1) is 10.1. The second-order valence-electron chi connectivity index (χ2n) is 6.22. The van der Waals surface area contributed by atoms with E-state index in [9.17, 15) is 4.39 Å². The number of benzene rings is 2. The second kappa shape index (κ2) is 7.04. The van der Waals surface area contributed by atoms with Crippen LogP contribution in [0.4, 0.5) is 4.39 Å². The molecule has 0 aliphatic rings. The molecule has 21 heavy (non-hydrogen) atoms. The average molecular weight is 287 g/mol. The summed E-state index contributed by atoms with van der Waals surface area (Å²) < 4.78 is 14.0. The van der Waals surface area contributed by atoms with Gasteiger partial charge in [-0.05, 0) is 41.8 Å². The van der Waals surface area contributed by atoms with Gasteiger partial charge in [-0.1, -0.05) is 58.0 Å². The number of hydrogen-bond donors (Lipinski definition) is 1. The molecule has 0 saturated carbocycles. The highest BCUT2D eigenvalue weighted by molar-refractivity contribution is 5.86. The van der Waals surface area contributed by atoms with E-state index in [1.807, 2.05) is 30.3 Å². The Labute approximate surface area is 127 Å². The Balaban J connectivity index is 2.51. The molecule has 0 saturated heterocycles. The Morgan fingerprint density at radius 1 is 1.00 bits per heavy atom. The van der Waals surface area contributed by atoms with E-state index in [1.165, 1.54) is 5.56 Å². The molecule has 0 amide bonds. The molecular formula is C19H26FN. The van der Waals surface area contributed by atoms with Crippen LogP contribution in [0.5, 0.6) is 0 Å². The molecule has 2 atom stereocenters. The van der Waals surface area contributed by atoms with Crippen molar-refractivity contribution in [2.45, 2.75) is 40.2 Å². The molecule has 0 fully saturated rings. The van der Waals surface area contributed by atoms with Crippen molar-refractivity contribution in [3.8, 4) is 0 Å². The molecule has 0 aliphatic carbocycles. The van der Waals surface area contributed by atoms with Crippen LogP contribution in [0.15, 0.2) is 36.4 Å². The van der Waals surface area contributed by atoms with Crippen molar-refractivity contribution in [2.75, 3.05) is 6.54 Å². The van der Waals surface area contributed by atoms with E-state index in [0.29, 0.717) is 17.2 Å². The summed E-state index contributed by atoms with van der Waals surface area (Å²) in [5.74, 6) is 0.925. The van der Waals surface area contributed by atoms with Crippen LogP contribution in [-0.4, -0.2) is 6.54 Å². The minimum Gasteiger partial charge on any atom is -0.310 e. The highest BCUT2D eigenvalue weighted by Crippen LogP contribution is 2.33. The van der Waals surface area contributed by atoms with E-state index in [2.05, 4.69) is 33.0 Å². The van der Waals surface area contributed by atoms with Crippen LogP contribution in [0.2, 0.25) is 0 Å². The Hall–Kier alpha value is -1.41. The van der Waals surface area contributed by atoms with E-state index >= 15 is 0 Å². The summed E-state index contributed by atoms with van der Waals surface area (Å²) in [7, 11) is 0. The maximum absolute atomic E-state index is 14.0. The highest BCUT2D eigenvalue weighted by atomic mass is 19.1. The maximum atomic E-state index is 14.0. The van der Waals surface area contributed by atoms with Crippen LogP contribution in [0.1, 0.15) is 45.7 Å². The first-order valence-corrected chi connectivity index (χ1v) is 7.96. The molecule has 2 heteroatoms. The second-order valence-corrected chi connectivity index (χ2v) is 6.22. The quantitative estimate of drug-likeness (QED) is 0.759. The smallest absolute Gasteiger partial charge is 0.131 e. The molecule has 0 spiro atoms. The molecule has 1 N–H and O–H groups in total. The SMILES string of the molecule is CCCNC(c1ccc(F)c2ccccc12)C(C)C(C)C. The van der Waals surface area contributed by atoms with Gasteiger partial charge in [0.1, 0.15) is 5.82 Å². The summed E-state index contributed by atoms with van der Waals surface area (Å²) >= 11 is 0. The van der Waals surface area contributed by atoms with Gasteiger partial charge < -0.3 is 5.32 Å². The molecule has 2 unspecified atom stereocenters. The highest BCUT2D eigenvalue weighted by Gasteiger charge is 2.23. The third kappa shape index (κ3) is 3.44. The van der Waals surface area contributed by atoms with Gasteiger partial charge in [-0.25, -0.2) is 4.39 Å².